The van der Waals surface area contributed by atoms with E-state index in [0.29, 0.717) is 21.6 Å². The first-order chi connectivity index (χ1) is 14.5. The van der Waals surface area contributed by atoms with Gasteiger partial charge in [-0.1, -0.05) is 0 Å². The van der Waals surface area contributed by atoms with E-state index in [9.17, 15) is 14.4 Å². The molecule has 1 aliphatic rings. The summed E-state index contributed by atoms with van der Waals surface area (Å²) in [6.45, 7) is 1.49. The number of benzene rings is 1. The Kier molecular flexibility index (Phi) is 5.54. The molecule has 0 saturated carbocycles. The van der Waals surface area contributed by atoms with Crippen molar-refractivity contribution in [3.05, 3.63) is 46.1 Å². The number of H-pyrrole nitrogens is 1. The Hall–Kier alpha value is -3.20. The van der Waals surface area contributed by atoms with Crippen molar-refractivity contribution in [3.8, 4) is 0 Å². The number of fused-ring (bicyclic) bond motifs is 2. The second-order valence-electron chi connectivity index (χ2n) is 7.08. The number of nitrogens with zero attached hydrogens (tertiary/aromatic N) is 1. The van der Waals surface area contributed by atoms with Crippen LogP contribution in [-0.4, -0.2) is 41.0 Å². The van der Waals surface area contributed by atoms with Gasteiger partial charge in [-0.2, -0.15) is 0 Å². The molecule has 0 fully saturated rings. The molecule has 30 heavy (non-hydrogen) atoms. The van der Waals surface area contributed by atoms with Crippen molar-refractivity contribution in [1.29, 1.82) is 0 Å². The second kappa shape index (κ2) is 8.27. The standard InChI is InChI=1S/C21H21N3O5S/c1-11(29-20(26)12-7-8-14-15(9-12)23-10-22-14)18(25)24-19-17(21(27)28-2)13-5-3-4-6-16(13)30-19/h7-11H,3-6H2,1-2H3,(H,22,23)(H,24,25). The number of carbonyl (C=O) groups excluding carboxylic acids is 3. The lowest BCUT2D eigenvalue weighted by Crippen LogP contribution is -2.30. The molecule has 1 aliphatic carbocycles. The second-order valence-corrected chi connectivity index (χ2v) is 8.18. The minimum Gasteiger partial charge on any atom is -0.465 e. The lowest BCUT2D eigenvalue weighted by atomic mass is 9.95. The summed E-state index contributed by atoms with van der Waals surface area (Å²) >= 11 is 1.38. The van der Waals surface area contributed by atoms with Crippen LogP contribution in [0.2, 0.25) is 0 Å². The molecule has 0 radical (unpaired) electrons. The van der Waals surface area contributed by atoms with Crippen molar-refractivity contribution in [2.45, 2.75) is 38.7 Å². The van der Waals surface area contributed by atoms with Crippen LogP contribution in [0.15, 0.2) is 24.5 Å². The van der Waals surface area contributed by atoms with Crippen LogP contribution in [0.1, 0.15) is 50.9 Å². The smallest absolute Gasteiger partial charge is 0.341 e. The van der Waals surface area contributed by atoms with Crippen LogP contribution in [0.4, 0.5) is 5.00 Å². The number of esters is 2. The lowest BCUT2D eigenvalue weighted by molar-refractivity contribution is -0.123. The molecule has 4 rings (SSSR count). The number of ether oxygens (including phenoxy) is 2. The minimum absolute atomic E-state index is 0.313. The number of anilines is 1. The third kappa shape index (κ3) is 3.80. The fourth-order valence-corrected chi connectivity index (χ4v) is 4.81. The number of aryl methyl sites for hydroxylation is 1. The first-order valence-corrected chi connectivity index (χ1v) is 10.5. The van der Waals surface area contributed by atoms with Gasteiger partial charge in [0.25, 0.3) is 5.91 Å². The van der Waals surface area contributed by atoms with E-state index in [1.807, 2.05) is 0 Å². The molecule has 2 N–H and O–H groups in total. The average molecular weight is 427 g/mol. The quantitative estimate of drug-likeness (QED) is 0.603. The number of hydrogen-bond donors (Lipinski definition) is 2. The summed E-state index contributed by atoms with van der Waals surface area (Å²) in [6, 6.07) is 4.92. The molecule has 2 aromatic heterocycles. The molecular formula is C21H21N3O5S. The van der Waals surface area contributed by atoms with E-state index in [-0.39, 0.29) is 0 Å². The number of amides is 1. The Morgan fingerprint density at radius 1 is 1.20 bits per heavy atom. The first kappa shape index (κ1) is 20.1. The molecule has 8 nitrogen and oxygen atoms in total. The van der Waals surface area contributed by atoms with E-state index >= 15 is 0 Å². The topological polar surface area (TPSA) is 110 Å². The highest BCUT2D eigenvalue weighted by Crippen LogP contribution is 2.38. The van der Waals surface area contributed by atoms with Crippen LogP contribution >= 0.6 is 11.3 Å². The van der Waals surface area contributed by atoms with E-state index in [0.717, 1.165) is 41.6 Å². The largest absolute Gasteiger partial charge is 0.465 e. The fraction of sp³-hybridized carbons (Fsp3) is 0.333. The van der Waals surface area contributed by atoms with Crippen molar-refractivity contribution in [2.75, 3.05) is 12.4 Å². The summed E-state index contributed by atoms with van der Waals surface area (Å²) in [7, 11) is 1.32. The molecule has 2 heterocycles. The maximum Gasteiger partial charge on any atom is 0.341 e. The number of rotatable bonds is 5. The Bertz CT molecular complexity index is 1130. The Labute approximate surface area is 176 Å². The number of aromatic nitrogens is 2. The highest BCUT2D eigenvalue weighted by molar-refractivity contribution is 7.17. The number of thiophene rings is 1. The number of nitrogens with one attached hydrogen (secondary N) is 2. The Morgan fingerprint density at radius 2 is 2.00 bits per heavy atom. The maximum atomic E-state index is 12.7. The number of imidazole rings is 1. The van der Waals surface area contributed by atoms with Crippen LogP contribution < -0.4 is 5.32 Å². The van der Waals surface area contributed by atoms with Gasteiger partial charge in [-0.05, 0) is 56.4 Å². The molecule has 0 spiro atoms. The number of methoxy groups -OCH3 is 1. The fourth-order valence-electron chi connectivity index (χ4n) is 3.53. The monoisotopic (exact) mass is 427 g/mol. The predicted molar refractivity (Wildman–Crippen MR) is 112 cm³/mol. The van der Waals surface area contributed by atoms with E-state index in [1.54, 1.807) is 18.2 Å². The zero-order valence-corrected chi connectivity index (χ0v) is 17.4. The molecule has 1 amide bonds. The highest BCUT2D eigenvalue weighted by atomic mass is 32.1. The number of aromatic amines is 1. The molecule has 0 aliphatic heterocycles. The number of hydrogen-bond acceptors (Lipinski definition) is 7. The van der Waals surface area contributed by atoms with Gasteiger partial charge in [-0.3, -0.25) is 4.79 Å². The van der Waals surface area contributed by atoms with E-state index in [1.165, 1.54) is 31.7 Å². The SMILES string of the molecule is COC(=O)c1c(NC(=O)C(C)OC(=O)c2ccc3nc[nH]c3c2)sc2c1CCCC2. The van der Waals surface area contributed by atoms with Crippen molar-refractivity contribution in [3.63, 3.8) is 0 Å². The zero-order chi connectivity index (χ0) is 21.3. The van der Waals surface area contributed by atoms with Gasteiger partial charge in [0.1, 0.15) is 5.00 Å². The average Bonchev–Trinajstić information content (AvgIpc) is 3.36. The van der Waals surface area contributed by atoms with E-state index in [4.69, 9.17) is 9.47 Å². The van der Waals surface area contributed by atoms with Gasteiger partial charge < -0.3 is 19.8 Å². The Balaban J connectivity index is 1.48. The van der Waals surface area contributed by atoms with Crippen LogP contribution in [0, 0.1) is 0 Å². The number of carbonyl (C=O) groups is 3. The van der Waals surface area contributed by atoms with Crippen LogP contribution in [0.25, 0.3) is 11.0 Å². The highest BCUT2D eigenvalue weighted by Gasteiger charge is 2.28. The third-order valence-corrected chi connectivity index (χ3v) is 6.31. The molecule has 9 heteroatoms. The summed E-state index contributed by atoms with van der Waals surface area (Å²) in [5.74, 6) is -1.59. The summed E-state index contributed by atoms with van der Waals surface area (Å²) < 4.78 is 10.2. The van der Waals surface area contributed by atoms with Crippen molar-refractivity contribution in [1.82, 2.24) is 9.97 Å². The third-order valence-electron chi connectivity index (χ3n) is 5.11. The van der Waals surface area contributed by atoms with Gasteiger partial charge in [0.15, 0.2) is 6.10 Å². The van der Waals surface area contributed by atoms with Crippen LogP contribution in [0.5, 0.6) is 0 Å². The van der Waals surface area contributed by atoms with Crippen molar-refractivity contribution < 1.29 is 23.9 Å². The molecule has 1 aromatic carbocycles. The molecule has 0 saturated heterocycles. The predicted octanol–water partition coefficient (Wildman–Crippen LogP) is 3.47. The van der Waals surface area contributed by atoms with E-state index in [2.05, 4.69) is 15.3 Å². The van der Waals surface area contributed by atoms with Gasteiger partial charge in [0.2, 0.25) is 0 Å². The molecular weight excluding hydrogens is 406 g/mol. The van der Waals surface area contributed by atoms with Gasteiger partial charge in [0.05, 0.1) is 35.6 Å². The zero-order valence-electron chi connectivity index (χ0n) is 16.6. The molecule has 3 aromatic rings. The lowest BCUT2D eigenvalue weighted by Gasteiger charge is -2.14. The summed E-state index contributed by atoms with van der Waals surface area (Å²) in [5.41, 5.74) is 3.11. The summed E-state index contributed by atoms with van der Waals surface area (Å²) in [6.07, 6.45) is 4.20. The Morgan fingerprint density at radius 3 is 2.80 bits per heavy atom. The maximum absolute atomic E-state index is 12.7. The van der Waals surface area contributed by atoms with Crippen molar-refractivity contribution in [2.24, 2.45) is 0 Å². The van der Waals surface area contributed by atoms with Gasteiger partial charge in [-0.15, -0.1) is 11.3 Å². The first-order valence-electron chi connectivity index (χ1n) is 9.65. The molecule has 1 unspecified atom stereocenters. The summed E-state index contributed by atoms with van der Waals surface area (Å²) in [4.78, 5) is 45.6. The van der Waals surface area contributed by atoms with Gasteiger partial charge in [0, 0.05) is 4.88 Å². The van der Waals surface area contributed by atoms with Crippen LogP contribution in [0.3, 0.4) is 0 Å². The van der Waals surface area contributed by atoms with Crippen molar-refractivity contribution >= 4 is 45.2 Å². The molecule has 0 bridgehead atoms. The van der Waals surface area contributed by atoms with E-state index < -0.39 is 23.9 Å². The molecule has 156 valence electrons. The van der Waals surface area contributed by atoms with Gasteiger partial charge >= 0.3 is 11.9 Å². The molecule has 1 atom stereocenters. The van der Waals surface area contributed by atoms with Crippen LogP contribution in [-0.2, 0) is 27.1 Å². The minimum atomic E-state index is -1.04. The summed E-state index contributed by atoms with van der Waals surface area (Å²) in [5, 5.41) is 3.20. The normalized spacial score (nSPS) is 14.1. The van der Waals surface area contributed by atoms with Gasteiger partial charge in [-0.25, -0.2) is 14.6 Å².